The quantitative estimate of drug-likeness (QED) is 0.196. The number of sulfonamides is 1. The van der Waals surface area contributed by atoms with Gasteiger partial charge in [-0.25, -0.2) is 8.42 Å². The van der Waals surface area contributed by atoms with Gasteiger partial charge in [-0.3, -0.25) is 13.9 Å². The number of hydrogen-bond acceptors (Lipinski definition) is 5. The van der Waals surface area contributed by atoms with Crippen LogP contribution in [-0.2, 0) is 32.6 Å². The zero-order valence-corrected chi connectivity index (χ0v) is 27.0. The molecule has 0 unspecified atom stereocenters. The minimum atomic E-state index is -4.16. The van der Waals surface area contributed by atoms with Crippen molar-refractivity contribution in [1.82, 2.24) is 10.2 Å². The molecule has 45 heavy (non-hydrogen) atoms. The fourth-order valence-electron chi connectivity index (χ4n) is 4.86. The molecule has 4 rings (SSSR count). The third kappa shape index (κ3) is 8.95. The number of carbonyl (C=O) groups excluding carboxylic acids is 2. The lowest BCUT2D eigenvalue weighted by atomic mass is 10.0. The minimum Gasteiger partial charge on any atom is -0.497 e. The summed E-state index contributed by atoms with van der Waals surface area (Å²) in [6.07, 6.45) is 0.260. The first kappa shape index (κ1) is 33.3. The van der Waals surface area contributed by atoms with E-state index in [2.05, 4.69) is 5.32 Å². The van der Waals surface area contributed by atoms with Crippen molar-refractivity contribution in [1.29, 1.82) is 0 Å². The molecule has 0 saturated carbocycles. The monoisotopic (exact) mass is 627 g/mol. The van der Waals surface area contributed by atoms with Gasteiger partial charge in [0.25, 0.3) is 10.0 Å². The van der Waals surface area contributed by atoms with Gasteiger partial charge in [-0.1, -0.05) is 92.2 Å². The predicted molar refractivity (Wildman–Crippen MR) is 177 cm³/mol. The van der Waals surface area contributed by atoms with Crippen LogP contribution in [-0.4, -0.2) is 51.4 Å². The van der Waals surface area contributed by atoms with Crippen molar-refractivity contribution >= 4 is 27.5 Å². The molecular weight excluding hydrogens is 586 g/mol. The zero-order valence-electron chi connectivity index (χ0n) is 26.2. The fourth-order valence-corrected chi connectivity index (χ4v) is 6.30. The lowest BCUT2D eigenvalue weighted by Crippen LogP contribution is -2.53. The van der Waals surface area contributed by atoms with E-state index in [0.29, 0.717) is 18.0 Å². The van der Waals surface area contributed by atoms with Crippen molar-refractivity contribution in [2.45, 2.75) is 44.7 Å². The number of hydrogen-bond donors (Lipinski definition) is 1. The summed E-state index contributed by atoms with van der Waals surface area (Å²) in [5, 5.41) is 3.01. The Balaban J connectivity index is 1.78. The van der Waals surface area contributed by atoms with Crippen molar-refractivity contribution in [2.75, 3.05) is 24.5 Å². The summed E-state index contributed by atoms with van der Waals surface area (Å²) in [5.41, 5.74) is 3.07. The van der Waals surface area contributed by atoms with Gasteiger partial charge in [0, 0.05) is 19.5 Å². The average molecular weight is 628 g/mol. The van der Waals surface area contributed by atoms with Gasteiger partial charge in [0.2, 0.25) is 11.8 Å². The number of nitrogens with one attached hydrogen (secondary N) is 1. The molecular formula is C36H41N3O5S. The molecule has 0 heterocycles. The molecule has 0 aliphatic heterocycles. The molecule has 0 bridgehead atoms. The maximum absolute atomic E-state index is 14.5. The third-order valence-corrected chi connectivity index (χ3v) is 9.19. The van der Waals surface area contributed by atoms with E-state index in [-0.39, 0.29) is 29.7 Å². The molecule has 9 heteroatoms. The van der Waals surface area contributed by atoms with E-state index < -0.39 is 28.5 Å². The van der Waals surface area contributed by atoms with Crippen molar-refractivity contribution in [3.05, 3.63) is 126 Å². The van der Waals surface area contributed by atoms with Gasteiger partial charge in [-0.2, -0.15) is 0 Å². The molecule has 1 N–H and O–H groups in total. The van der Waals surface area contributed by atoms with E-state index in [0.717, 1.165) is 21.0 Å². The fraction of sp³-hybridized carbons (Fsp3) is 0.278. The maximum atomic E-state index is 14.5. The third-order valence-electron chi connectivity index (χ3n) is 7.40. The highest BCUT2D eigenvalue weighted by Gasteiger charge is 2.34. The van der Waals surface area contributed by atoms with Gasteiger partial charge in [-0.05, 0) is 60.4 Å². The van der Waals surface area contributed by atoms with Crippen LogP contribution < -0.4 is 14.4 Å². The van der Waals surface area contributed by atoms with Crippen LogP contribution in [0.2, 0.25) is 0 Å². The SMILES string of the molecule is COc1ccc(N(CC(=O)N(Cc2ccc(C)cc2)[C@H](Cc2ccccc2)C(=O)NCC(C)C)S(=O)(=O)c2ccccc2)cc1. The number of anilines is 1. The number of carbonyl (C=O) groups is 2. The van der Waals surface area contributed by atoms with E-state index in [9.17, 15) is 18.0 Å². The minimum absolute atomic E-state index is 0.0502. The highest BCUT2D eigenvalue weighted by Crippen LogP contribution is 2.27. The zero-order chi connectivity index (χ0) is 32.4. The molecule has 8 nitrogen and oxygen atoms in total. The highest BCUT2D eigenvalue weighted by molar-refractivity contribution is 7.92. The molecule has 0 aromatic heterocycles. The number of nitrogens with zero attached hydrogens (tertiary/aromatic N) is 2. The van der Waals surface area contributed by atoms with E-state index >= 15 is 0 Å². The predicted octanol–water partition coefficient (Wildman–Crippen LogP) is 5.61. The molecule has 0 spiro atoms. The summed E-state index contributed by atoms with van der Waals surface area (Å²) in [4.78, 5) is 29.9. The average Bonchev–Trinajstić information content (AvgIpc) is 3.05. The Labute approximate surface area is 266 Å². The second kappa shape index (κ2) is 15.4. The smallest absolute Gasteiger partial charge is 0.264 e. The highest BCUT2D eigenvalue weighted by atomic mass is 32.2. The molecule has 0 saturated heterocycles. The Morgan fingerprint density at radius 2 is 1.40 bits per heavy atom. The molecule has 4 aromatic carbocycles. The molecule has 1 atom stereocenters. The molecule has 0 radical (unpaired) electrons. The molecule has 0 fully saturated rings. The van der Waals surface area contributed by atoms with Crippen LogP contribution in [0.25, 0.3) is 0 Å². The van der Waals surface area contributed by atoms with E-state index in [1.165, 1.54) is 24.1 Å². The maximum Gasteiger partial charge on any atom is 0.264 e. The molecule has 236 valence electrons. The topological polar surface area (TPSA) is 96.0 Å². The van der Waals surface area contributed by atoms with Crippen LogP contribution >= 0.6 is 0 Å². The van der Waals surface area contributed by atoms with Gasteiger partial charge in [0.05, 0.1) is 17.7 Å². The van der Waals surface area contributed by atoms with Crippen molar-refractivity contribution < 1.29 is 22.7 Å². The molecule has 2 amide bonds. The number of aryl methyl sites for hydroxylation is 1. The second-order valence-corrected chi connectivity index (χ2v) is 13.2. The first-order valence-electron chi connectivity index (χ1n) is 15.0. The van der Waals surface area contributed by atoms with Crippen LogP contribution in [0, 0.1) is 12.8 Å². The number of methoxy groups -OCH3 is 1. The van der Waals surface area contributed by atoms with E-state index in [4.69, 9.17) is 4.74 Å². The Hall–Kier alpha value is -4.63. The first-order chi connectivity index (χ1) is 21.6. The number of rotatable bonds is 14. The van der Waals surface area contributed by atoms with Crippen molar-refractivity contribution in [3.8, 4) is 5.75 Å². The van der Waals surface area contributed by atoms with Crippen LogP contribution in [0.1, 0.15) is 30.5 Å². The Bertz CT molecular complexity index is 1640. The van der Waals surface area contributed by atoms with Gasteiger partial charge >= 0.3 is 0 Å². The number of amides is 2. The molecule has 4 aromatic rings. The first-order valence-corrected chi connectivity index (χ1v) is 16.4. The summed E-state index contributed by atoms with van der Waals surface area (Å²) in [6.45, 7) is 6.03. The lowest BCUT2D eigenvalue weighted by Gasteiger charge is -2.34. The number of benzene rings is 4. The van der Waals surface area contributed by atoms with Gasteiger partial charge < -0.3 is 15.0 Å². The summed E-state index contributed by atoms with van der Waals surface area (Å²) >= 11 is 0. The van der Waals surface area contributed by atoms with Crippen LogP contribution in [0.3, 0.4) is 0 Å². The standard InChI is InChI=1S/C36H41N3O5S/c1-27(2)24-37-36(41)34(23-29-11-7-5-8-12-29)38(25-30-17-15-28(3)16-18-30)35(40)26-39(31-19-21-32(44-4)22-20-31)45(42,43)33-13-9-6-10-14-33/h5-22,27,34H,23-26H2,1-4H3,(H,37,41)/t34-/m1/s1. The summed E-state index contributed by atoms with van der Waals surface area (Å²) in [6, 6.07) is 30.9. The number of ether oxygens (including phenoxy) is 1. The van der Waals surface area contributed by atoms with Crippen LogP contribution in [0.4, 0.5) is 5.69 Å². The normalized spacial score (nSPS) is 11.9. The summed E-state index contributed by atoms with van der Waals surface area (Å²) < 4.78 is 34.5. The van der Waals surface area contributed by atoms with Crippen molar-refractivity contribution in [2.24, 2.45) is 5.92 Å². The van der Waals surface area contributed by atoms with Crippen molar-refractivity contribution in [3.63, 3.8) is 0 Å². The second-order valence-electron chi connectivity index (χ2n) is 11.4. The van der Waals surface area contributed by atoms with Gasteiger partial charge in [0.15, 0.2) is 0 Å². The Morgan fingerprint density at radius 1 is 0.800 bits per heavy atom. The summed E-state index contributed by atoms with van der Waals surface area (Å²) in [5.74, 6) is -0.0523. The largest absolute Gasteiger partial charge is 0.497 e. The molecule has 0 aliphatic carbocycles. The van der Waals surface area contributed by atoms with Crippen LogP contribution in [0.5, 0.6) is 5.75 Å². The van der Waals surface area contributed by atoms with Crippen LogP contribution in [0.15, 0.2) is 114 Å². The Kier molecular flexibility index (Phi) is 11.4. The molecule has 0 aliphatic rings. The summed E-state index contributed by atoms with van der Waals surface area (Å²) in [7, 11) is -2.64. The van der Waals surface area contributed by atoms with Gasteiger partial charge in [-0.15, -0.1) is 0 Å². The van der Waals surface area contributed by atoms with E-state index in [1.54, 1.807) is 42.5 Å². The lowest BCUT2D eigenvalue weighted by molar-refractivity contribution is -0.140. The Morgan fingerprint density at radius 3 is 1.98 bits per heavy atom. The van der Waals surface area contributed by atoms with Gasteiger partial charge in [0.1, 0.15) is 18.3 Å². The van der Waals surface area contributed by atoms with E-state index in [1.807, 2.05) is 75.4 Å².